The summed E-state index contributed by atoms with van der Waals surface area (Å²) >= 11 is 0. The molecule has 0 aliphatic carbocycles. The standard InChI is InChI=1S/C19H18O3S/c1-15-6-10-19(11-7-15)23(20,21)22-13-12-16-8-9-17-4-2-3-5-18(17)14-16/h2-11,14H,12-13H2,1H3/i13D2. The number of benzene rings is 3. The zero-order valence-electron chi connectivity index (χ0n) is 14.7. The molecule has 4 heteroatoms. The summed E-state index contributed by atoms with van der Waals surface area (Å²) in [5, 5.41) is 2.01. The Balaban J connectivity index is 1.81. The maximum atomic E-state index is 12.3. The van der Waals surface area contributed by atoms with Gasteiger partial charge in [0.05, 0.1) is 14.2 Å². The summed E-state index contributed by atoms with van der Waals surface area (Å²) in [7, 11) is -4.17. The number of fused-ring (bicyclic) bond motifs is 1. The second-order valence-corrected chi connectivity index (χ2v) is 6.90. The maximum absolute atomic E-state index is 12.3. The Bertz CT molecular complexity index is 997. The Kier molecular flexibility index (Phi) is 3.77. The predicted molar refractivity (Wildman–Crippen MR) is 92.0 cm³/mol. The molecule has 0 saturated heterocycles. The van der Waals surface area contributed by atoms with Gasteiger partial charge in [-0.25, -0.2) is 0 Å². The lowest BCUT2D eigenvalue weighted by atomic mass is 10.1. The normalized spacial score (nSPS) is 13.6. The first-order chi connectivity index (χ1) is 11.8. The van der Waals surface area contributed by atoms with Crippen LogP contribution in [0.2, 0.25) is 0 Å². The lowest BCUT2D eigenvalue weighted by molar-refractivity contribution is 0.322. The molecular formula is C19H18O3S. The number of hydrogen-bond donors (Lipinski definition) is 0. The van der Waals surface area contributed by atoms with E-state index in [9.17, 15) is 8.42 Å². The summed E-state index contributed by atoms with van der Waals surface area (Å²) < 4.78 is 45.4. The van der Waals surface area contributed by atoms with E-state index < -0.39 is 16.7 Å². The van der Waals surface area contributed by atoms with Crippen LogP contribution in [-0.4, -0.2) is 15.0 Å². The monoisotopic (exact) mass is 328 g/mol. The van der Waals surface area contributed by atoms with Crippen molar-refractivity contribution < 1.29 is 15.3 Å². The molecule has 118 valence electrons. The van der Waals surface area contributed by atoms with Crippen LogP contribution in [0.3, 0.4) is 0 Å². The molecule has 0 radical (unpaired) electrons. The third-order valence-electron chi connectivity index (χ3n) is 3.57. The van der Waals surface area contributed by atoms with Crippen molar-refractivity contribution in [1.29, 1.82) is 0 Å². The molecule has 0 aliphatic rings. The molecule has 3 nitrogen and oxygen atoms in total. The molecule has 3 aromatic carbocycles. The molecular weight excluding hydrogens is 308 g/mol. The molecule has 0 fully saturated rings. The van der Waals surface area contributed by atoms with Crippen molar-refractivity contribution in [1.82, 2.24) is 0 Å². The van der Waals surface area contributed by atoms with E-state index in [4.69, 9.17) is 6.92 Å². The molecule has 0 aromatic heterocycles. The first-order valence-corrected chi connectivity index (χ1v) is 8.66. The van der Waals surface area contributed by atoms with E-state index in [-0.39, 0.29) is 11.3 Å². The van der Waals surface area contributed by atoms with Gasteiger partial charge in [0.1, 0.15) is 0 Å². The van der Waals surface area contributed by atoms with Crippen molar-refractivity contribution in [3.05, 3.63) is 77.9 Å². The molecule has 3 rings (SSSR count). The highest BCUT2D eigenvalue weighted by Gasteiger charge is 2.14. The zero-order valence-corrected chi connectivity index (χ0v) is 13.5. The van der Waals surface area contributed by atoms with Crippen molar-refractivity contribution in [3.63, 3.8) is 0 Å². The van der Waals surface area contributed by atoms with E-state index in [1.807, 2.05) is 43.3 Å². The van der Waals surface area contributed by atoms with E-state index in [2.05, 4.69) is 0 Å². The van der Waals surface area contributed by atoms with Crippen molar-refractivity contribution in [2.75, 3.05) is 6.56 Å². The zero-order chi connectivity index (χ0) is 18.1. The third-order valence-corrected chi connectivity index (χ3v) is 4.76. The fourth-order valence-corrected chi connectivity index (χ4v) is 3.07. The molecule has 0 unspecified atom stereocenters. The minimum atomic E-state index is -4.17. The van der Waals surface area contributed by atoms with Crippen LogP contribution in [0.5, 0.6) is 0 Å². The summed E-state index contributed by atoms with van der Waals surface area (Å²) in [6, 6.07) is 19.4. The highest BCUT2D eigenvalue weighted by Crippen LogP contribution is 2.17. The van der Waals surface area contributed by atoms with Crippen LogP contribution in [0, 0.1) is 6.92 Å². The first-order valence-electron chi connectivity index (χ1n) is 8.25. The molecule has 0 aliphatic heterocycles. The van der Waals surface area contributed by atoms with Crippen LogP contribution in [0.25, 0.3) is 10.8 Å². The van der Waals surface area contributed by atoms with Crippen LogP contribution in [0.4, 0.5) is 0 Å². The van der Waals surface area contributed by atoms with Crippen LogP contribution in [0.15, 0.2) is 71.6 Å². The van der Waals surface area contributed by atoms with Crippen molar-refractivity contribution in [2.24, 2.45) is 0 Å². The van der Waals surface area contributed by atoms with Crippen molar-refractivity contribution in [3.8, 4) is 0 Å². The van der Waals surface area contributed by atoms with Crippen molar-refractivity contribution in [2.45, 2.75) is 18.2 Å². The van der Waals surface area contributed by atoms with E-state index in [1.165, 1.54) is 12.1 Å². The number of rotatable bonds is 5. The van der Waals surface area contributed by atoms with E-state index in [1.54, 1.807) is 18.2 Å². The second kappa shape index (κ2) is 6.52. The highest BCUT2D eigenvalue weighted by atomic mass is 32.2. The van der Waals surface area contributed by atoms with Gasteiger partial charge in [-0.1, -0.05) is 60.2 Å². The van der Waals surface area contributed by atoms with E-state index >= 15 is 0 Å². The molecule has 23 heavy (non-hydrogen) atoms. The fraction of sp³-hybridized carbons (Fsp3) is 0.158. The summed E-state index contributed by atoms with van der Waals surface area (Å²) in [5.74, 6) is 0. The minimum Gasteiger partial charge on any atom is -0.266 e. The van der Waals surface area contributed by atoms with Gasteiger partial charge in [-0.2, -0.15) is 8.42 Å². The van der Waals surface area contributed by atoms with Crippen LogP contribution in [0.1, 0.15) is 13.9 Å². The molecule has 0 atom stereocenters. The van der Waals surface area contributed by atoms with Gasteiger partial charge in [-0.3, -0.25) is 4.18 Å². The Morgan fingerprint density at radius 2 is 1.65 bits per heavy atom. The topological polar surface area (TPSA) is 43.4 Å². The predicted octanol–water partition coefficient (Wildman–Crippen LogP) is 4.10. The highest BCUT2D eigenvalue weighted by molar-refractivity contribution is 7.86. The molecule has 0 N–H and O–H groups in total. The Labute approximate surface area is 139 Å². The largest absolute Gasteiger partial charge is 0.296 e. The van der Waals surface area contributed by atoms with Crippen LogP contribution < -0.4 is 0 Å². The summed E-state index contributed by atoms with van der Waals surface area (Å²) in [6.45, 7) is -0.498. The van der Waals surface area contributed by atoms with Gasteiger partial charge in [-0.15, -0.1) is 0 Å². The lowest BCUT2D eigenvalue weighted by Gasteiger charge is -2.07. The van der Waals surface area contributed by atoms with Crippen LogP contribution >= 0.6 is 0 Å². The van der Waals surface area contributed by atoms with Gasteiger partial charge in [0, 0.05) is 0 Å². The minimum absolute atomic E-state index is 0.0551. The average molecular weight is 328 g/mol. The van der Waals surface area contributed by atoms with Gasteiger partial charge >= 0.3 is 0 Å². The second-order valence-electron chi connectivity index (χ2n) is 5.35. The molecule has 0 heterocycles. The van der Waals surface area contributed by atoms with Gasteiger partial charge in [0.2, 0.25) is 0 Å². The third kappa shape index (κ3) is 3.78. The summed E-state index contributed by atoms with van der Waals surface area (Å²) in [4.78, 5) is -0.0551. The SMILES string of the molecule is [2H]C([2H])(Cc1ccc2ccccc2c1)OS(=O)(=O)c1ccc(C)cc1. The van der Waals surface area contributed by atoms with Gasteiger partial charge in [0.15, 0.2) is 0 Å². The molecule has 0 saturated carbocycles. The molecule has 0 spiro atoms. The summed E-state index contributed by atoms with van der Waals surface area (Å²) in [5.41, 5.74) is 1.58. The van der Waals surface area contributed by atoms with Crippen molar-refractivity contribution >= 4 is 20.9 Å². The Morgan fingerprint density at radius 1 is 0.957 bits per heavy atom. The van der Waals surface area contributed by atoms with Gasteiger partial charge < -0.3 is 0 Å². The fourth-order valence-electron chi connectivity index (χ4n) is 2.29. The van der Waals surface area contributed by atoms with Gasteiger partial charge in [0.25, 0.3) is 10.1 Å². The van der Waals surface area contributed by atoms with E-state index in [0.717, 1.165) is 16.3 Å². The molecule has 3 aromatic rings. The first kappa shape index (κ1) is 13.3. The molecule has 0 amide bonds. The lowest BCUT2D eigenvalue weighted by Crippen LogP contribution is -2.09. The smallest absolute Gasteiger partial charge is 0.266 e. The Morgan fingerprint density at radius 3 is 2.39 bits per heavy atom. The quantitative estimate of drug-likeness (QED) is 0.662. The van der Waals surface area contributed by atoms with Gasteiger partial charge in [-0.05, 0) is 41.8 Å². The van der Waals surface area contributed by atoms with Crippen LogP contribution in [-0.2, 0) is 20.7 Å². The van der Waals surface area contributed by atoms with E-state index in [0.29, 0.717) is 5.56 Å². The summed E-state index contributed by atoms with van der Waals surface area (Å²) in [6.07, 6.45) is -0.164. The maximum Gasteiger partial charge on any atom is 0.296 e. The molecule has 0 bridgehead atoms. The Hall–Kier alpha value is -2.17. The average Bonchev–Trinajstić information content (AvgIpc) is 2.53. The number of aryl methyl sites for hydroxylation is 2. The number of hydrogen-bond acceptors (Lipinski definition) is 3.